The lowest BCUT2D eigenvalue weighted by molar-refractivity contribution is 0.146. The van der Waals surface area contributed by atoms with E-state index in [0.717, 1.165) is 11.1 Å². The summed E-state index contributed by atoms with van der Waals surface area (Å²) in [6.45, 7) is 4.74. The summed E-state index contributed by atoms with van der Waals surface area (Å²) in [7, 11) is -2.03. The van der Waals surface area contributed by atoms with Crippen LogP contribution in [-0.2, 0) is 14.8 Å². The number of benzene rings is 2. The Hall–Kier alpha value is -2.05. The number of hydrogen-bond acceptors (Lipinski definition) is 4. The molecule has 1 N–H and O–H groups in total. The van der Waals surface area contributed by atoms with E-state index in [1.54, 1.807) is 25.3 Å². The van der Waals surface area contributed by atoms with Gasteiger partial charge in [-0.3, -0.25) is 4.72 Å². The number of methoxy groups -OCH3 is 1. The van der Waals surface area contributed by atoms with Crippen molar-refractivity contribution in [3.63, 3.8) is 0 Å². The number of sulfonamides is 1. The molecule has 0 amide bonds. The van der Waals surface area contributed by atoms with Crippen LogP contribution in [0.1, 0.15) is 11.1 Å². The highest BCUT2D eigenvalue weighted by molar-refractivity contribution is 7.92. The first-order chi connectivity index (χ1) is 10.9. The summed E-state index contributed by atoms with van der Waals surface area (Å²) >= 11 is 0. The fourth-order valence-corrected chi connectivity index (χ4v) is 3.22. The topological polar surface area (TPSA) is 64.6 Å². The third-order valence-electron chi connectivity index (χ3n) is 3.32. The van der Waals surface area contributed by atoms with E-state index in [1.807, 2.05) is 26.0 Å². The van der Waals surface area contributed by atoms with Gasteiger partial charge in [0, 0.05) is 7.11 Å². The number of rotatable bonds is 7. The normalized spacial score (nSPS) is 11.3. The second kappa shape index (κ2) is 7.48. The van der Waals surface area contributed by atoms with Crippen LogP contribution in [0.3, 0.4) is 0 Å². The maximum Gasteiger partial charge on any atom is 0.261 e. The molecule has 6 heteroatoms. The predicted molar refractivity (Wildman–Crippen MR) is 90.5 cm³/mol. The number of hydrogen-bond donors (Lipinski definition) is 1. The first kappa shape index (κ1) is 17.3. The maximum absolute atomic E-state index is 12.4. The Morgan fingerprint density at radius 3 is 2.30 bits per heavy atom. The Morgan fingerprint density at radius 1 is 1.00 bits per heavy atom. The molecule has 0 aliphatic heterocycles. The zero-order chi connectivity index (χ0) is 16.9. The molecule has 0 atom stereocenters. The Bertz CT molecular complexity index is 755. The zero-order valence-electron chi connectivity index (χ0n) is 13.5. The SMILES string of the molecule is COCCOc1ccc(S(=O)(=O)Nc2ccc(C)cc2C)cc1. The Labute approximate surface area is 137 Å². The second-order valence-electron chi connectivity index (χ2n) is 5.24. The molecule has 2 rings (SSSR count). The van der Waals surface area contributed by atoms with Crippen molar-refractivity contribution in [3.05, 3.63) is 53.6 Å². The fourth-order valence-electron chi connectivity index (χ4n) is 2.09. The lowest BCUT2D eigenvalue weighted by Gasteiger charge is -2.12. The van der Waals surface area contributed by atoms with Crippen LogP contribution in [0.2, 0.25) is 0 Å². The number of anilines is 1. The largest absolute Gasteiger partial charge is 0.491 e. The van der Waals surface area contributed by atoms with Gasteiger partial charge in [0.1, 0.15) is 12.4 Å². The van der Waals surface area contributed by atoms with Gasteiger partial charge in [-0.25, -0.2) is 8.42 Å². The van der Waals surface area contributed by atoms with Gasteiger partial charge in [0.05, 0.1) is 17.2 Å². The van der Waals surface area contributed by atoms with Crippen molar-refractivity contribution in [2.24, 2.45) is 0 Å². The average molecular weight is 335 g/mol. The molecule has 2 aromatic carbocycles. The Kier molecular flexibility index (Phi) is 5.63. The third-order valence-corrected chi connectivity index (χ3v) is 4.70. The van der Waals surface area contributed by atoms with Crippen LogP contribution in [-0.4, -0.2) is 28.7 Å². The summed E-state index contributed by atoms with van der Waals surface area (Å²) in [5.41, 5.74) is 2.55. The molecule has 0 aromatic heterocycles. The molecule has 0 saturated carbocycles. The first-order valence-electron chi connectivity index (χ1n) is 7.24. The highest BCUT2D eigenvalue weighted by Crippen LogP contribution is 2.22. The minimum atomic E-state index is -3.62. The smallest absolute Gasteiger partial charge is 0.261 e. The molecule has 0 saturated heterocycles. The molecule has 2 aromatic rings. The molecule has 23 heavy (non-hydrogen) atoms. The van der Waals surface area contributed by atoms with Crippen LogP contribution in [0.5, 0.6) is 5.75 Å². The molecule has 0 aliphatic carbocycles. The van der Waals surface area contributed by atoms with Gasteiger partial charge in [0.15, 0.2) is 0 Å². The summed E-state index contributed by atoms with van der Waals surface area (Å²) in [5.74, 6) is 0.604. The van der Waals surface area contributed by atoms with Crippen LogP contribution < -0.4 is 9.46 Å². The Morgan fingerprint density at radius 2 is 1.70 bits per heavy atom. The van der Waals surface area contributed by atoms with Gasteiger partial charge < -0.3 is 9.47 Å². The van der Waals surface area contributed by atoms with Gasteiger partial charge in [0.2, 0.25) is 0 Å². The van der Waals surface area contributed by atoms with E-state index in [1.165, 1.54) is 12.1 Å². The number of aryl methyl sites for hydroxylation is 2. The van der Waals surface area contributed by atoms with Crippen molar-refractivity contribution < 1.29 is 17.9 Å². The third kappa shape index (κ3) is 4.71. The molecule has 0 heterocycles. The molecule has 124 valence electrons. The minimum absolute atomic E-state index is 0.191. The van der Waals surface area contributed by atoms with Crippen molar-refractivity contribution >= 4 is 15.7 Å². The zero-order valence-corrected chi connectivity index (χ0v) is 14.3. The highest BCUT2D eigenvalue weighted by atomic mass is 32.2. The van der Waals surface area contributed by atoms with Crippen molar-refractivity contribution in [1.29, 1.82) is 0 Å². The fraction of sp³-hybridized carbons (Fsp3) is 0.294. The van der Waals surface area contributed by atoms with Gasteiger partial charge in [-0.1, -0.05) is 17.7 Å². The lowest BCUT2D eigenvalue weighted by Crippen LogP contribution is -2.13. The van der Waals surface area contributed by atoms with Crippen LogP contribution in [0, 0.1) is 13.8 Å². The molecule has 5 nitrogen and oxygen atoms in total. The van der Waals surface area contributed by atoms with Crippen LogP contribution in [0.25, 0.3) is 0 Å². The quantitative estimate of drug-likeness (QED) is 0.790. The summed E-state index contributed by atoms with van der Waals surface area (Å²) in [6.07, 6.45) is 0. The van der Waals surface area contributed by atoms with Crippen molar-refractivity contribution in [2.45, 2.75) is 18.7 Å². The highest BCUT2D eigenvalue weighted by Gasteiger charge is 2.15. The van der Waals surface area contributed by atoms with E-state index in [-0.39, 0.29) is 4.90 Å². The second-order valence-corrected chi connectivity index (χ2v) is 6.92. The van der Waals surface area contributed by atoms with Gasteiger partial charge >= 0.3 is 0 Å². The molecule has 0 fully saturated rings. The van der Waals surface area contributed by atoms with Crippen LogP contribution in [0.15, 0.2) is 47.4 Å². The van der Waals surface area contributed by atoms with E-state index in [0.29, 0.717) is 24.7 Å². The molecular weight excluding hydrogens is 314 g/mol. The molecule has 0 radical (unpaired) electrons. The van der Waals surface area contributed by atoms with Crippen molar-refractivity contribution in [3.8, 4) is 5.75 Å². The van der Waals surface area contributed by atoms with E-state index < -0.39 is 10.0 Å². The predicted octanol–water partition coefficient (Wildman–Crippen LogP) is 3.13. The molecule has 0 aliphatic rings. The summed E-state index contributed by atoms with van der Waals surface area (Å²) < 4.78 is 37.8. The van der Waals surface area contributed by atoms with Crippen molar-refractivity contribution in [1.82, 2.24) is 0 Å². The van der Waals surface area contributed by atoms with E-state index in [9.17, 15) is 8.42 Å². The van der Waals surface area contributed by atoms with Gasteiger partial charge in [-0.05, 0) is 49.7 Å². The average Bonchev–Trinajstić information content (AvgIpc) is 2.51. The molecule has 0 unspecified atom stereocenters. The molecule has 0 spiro atoms. The number of ether oxygens (including phenoxy) is 2. The summed E-state index contributed by atoms with van der Waals surface area (Å²) in [4.78, 5) is 0.191. The summed E-state index contributed by atoms with van der Waals surface area (Å²) in [5, 5.41) is 0. The first-order valence-corrected chi connectivity index (χ1v) is 8.72. The monoisotopic (exact) mass is 335 g/mol. The van der Waals surface area contributed by atoms with Crippen molar-refractivity contribution in [2.75, 3.05) is 25.0 Å². The van der Waals surface area contributed by atoms with E-state index >= 15 is 0 Å². The Balaban J connectivity index is 2.13. The van der Waals surface area contributed by atoms with Crippen LogP contribution >= 0.6 is 0 Å². The van der Waals surface area contributed by atoms with E-state index in [4.69, 9.17) is 9.47 Å². The van der Waals surface area contributed by atoms with Crippen LogP contribution in [0.4, 0.5) is 5.69 Å². The molecule has 0 bridgehead atoms. The lowest BCUT2D eigenvalue weighted by atomic mass is 10.1. The van der Waals surface area contributed by atoms with Gasteiger partial charge in [-0.15, -0.1) is 0 Å². The van der Waals surface area contributed by atoms with E-state index in [2.05, 4.69) is 4.72 Å². The van der Waals surface area contributed by atoms with Gasteiger partial charge in [0.25, 0.3) is 10.0 Å². The van der Waals surface area contributed by atoms with Gasteiger partial charge in [-0.2, -0.15) is 0 Å². The minimum Gasteiger partial charge on any atom is -0.491 e. The standard InChI is InChI=1S/C17H21NO4S/c1-13-4-9-17(14(2)12-13)18-23(19,20)16-7-5-15(6-8-16)22-11-10-21-3/h4-9,12,18H,10-11H2,1-3H3. The maximum atomic E-state index is 12.4. The summed E-state index contributed by atoms with van der Waals surface area (Å²) in [6, 6.07) is 11.9. The molecular formula is C17H21NO4S. The number of nitrogens with one attached hydrogen (secondary N) is 1.